The van der Waals surface area contributed by atoms with Crippen LogP contribution in [-0.4, -0.2) is 22.6 Å². The first kappa shape index (κ1) is 20.0. The number of rotatable bonds is 9. The molecule has 1 saturated carbocycles. The molecule has 4 rings (SSSR count). The van der Waals surface area contributed by atoms with Gasteiger partial charge in [0.25, 0.3) is 0 Å². The molecule has 1 amide bonds. The molecule has 1 atom stereocenters. The SMILES string of the molecule is O=C(/C=C/[C@@H]1CC1(c1ccccc1)c1ccccc1)NCCCCc1cccnn1. The molecular weight excluding hydrogens is 370 g/mol. The van der Waals surface area contributed by atoms with Gasteiger partial charge in [-0.25, -0.2) is 0 Å². The molecule has 1 aliphatic carbocycles. The summed E-state index contributed by atoms with van der Waals surface area (Å²) in [5.74, 6) is 0.320. The van der Waals surface area contributed by atoms with Crippen molar-refractivity contribution in [1.82, 2.24) is 15.5 Å². The highest BCUT2D eigenvalue weighted by Gasteiger charge is 2.54. The highest BCUT2D eigenvalue weighted by Crippen LogP contribution is 2.59. The van der Waals surface area contributed by atoms with Crippen molar-refractivity contribution >= 4 is 5.91 Å². The topological polar surface area (TPSA) is 54.9 Å². The number of hydrogen-bond donors (Lipinski definition) is 1. The summed E-state index contributed by atoms with van der Waals surface area (Å²) >= 11 is 0. The lowest BCUT2D eigenvalue weighted by molar-refractivity contribution is -0.116. The third kappa shape index (κ3) is 4.65. The Morgan fingerprint density at radius 1 is 0.967 bits per heavy atom. The average molecular weight is 398 g/mol. The van der Waals surface area contributed by atoms with Gasteiger partial charge in [-0.3, -0.25) is 4.79 Å². The lowest BCUT2D eigenvalue weighted by Crippen LogP contribution is -2.22. The van der Waals surface area contributed by atoms with Crippen LogP contribution in [0.2, 0.25) is 0 Å². The summed E-state index contributed by atoms with van der Waals surface area (Å²) in [6, 6.07) is 25.1. The maximum Gasteiger partial charge on any atom is 0.243 e. The van der Waals surface area contributed by atoms with Gasteiger partial charge in [-0.15, -0.1) is 0 Å². The van der Waals surface area contributed by atoms with Gasteiger partial charge < -0.3 is 5.32 Å². The first-order valence-corrected chi connectivity index (χ1v) is 10.6. The molecule has 1 aliphatic rings. The van der Waals surface area contributed by atoms with Crippen LogP contribution in [0, 0.1) is 5.92 Å². The standard InChI is InChI=1S/C26H27N3O/c30-25(27-18-8-7-14-24-15-9-19-28-29-24)17-16-23-20-26(23,21-10-3-1-4-11-21)22-12-5-2-6-13-22/h1-6,9-13,15-17,19,23H,7-8,14,18,20H2,(H,27,30)/b17-16+/t23-/m1/s1. The molecule has 0 spiro atoms. The molecule has 4 heteroatoms. The number of nitrogens with zero attached hydrogens (tertiary/aromatic N) is 2. The number of carbonyl (C=O) groups excluding carboxylic acids is 1. The molecule has 2 aromatic carbocycles. The van der Waals surface area contributed by atoms with Crippen LogP contribution >= 0.6 is 0 Å². The van der Waals surface area contributed by atoms with Gasteiger partial charge in [-0.05, 0) is 60.9 Å². The molecule has 4 nitrogen and oxygen atoms in total. The van der Waals surface area contributed by atoms with Crippen molar-refractivity contribution in [1.29, 1.82) is 0 Å². The number of allylic oxidation sites excluding steroid dienone is 1. The normalized spacial score (nSPS) is 17.0. The van der Waals surface area contributed by atoms with E-state index in [0.717, 1.165) is 31.4 Å². The summed E-state index contributed by atoms with van der Waals surface area (Å²) < 4.78 is 0. The number of carbonyl (C=O) groups is 1. The molecule has 0 saturated heterocycles. The average Bonchev–Trinajstić information content (AvgIpc) is 3.55. The number of hydrogen-bond acceptors (Lipinski definition) is 3. The summed E-state index contributed by atoms with van der Waals surface area (Å²) in [5, 5.41) is 11.0. The summed E-state index contributed by atoms with van der Waals surface area (Å²) in [4.78, 5) is 12.3. The lowest BCUT2D eigenvalue weighted by atomic mass is 9.85. The van der Waals surface area contributed by atoms with E-state index in [1.165, 1.54) is 11.1 Å². The smallest absolute Gasteiger partial charge is 0.243 e. The van der Waals surface area contributed by atoms with E-state index >= 15 is 0 Å². The summed E-state index contributed by atoms with van der Waals surface area (Å²) in [6.45, 7) is 0.677. The second kappa shape index (κ2) is 9.49. The van der Waals surface area contributed by atoms with E-state index in [2.05, 4.69) is 70.1 Å². The number of aryl methyl sites for hydroxylation is 1. The first-order chi connectivity index (χ1) is 14.8. The van der Waals surface area contributed by atoms with Crippen molar-refractivity contribution < 1.29 is 4.79 Å². The second-order valence-electron chi connectivity index (χ2n) is 7.84. The van der Waals surface area contributed by atoms with Crippen LogP contribution in [0.5, 0.6) is 0 Å². The Kier molecular flexibility index (Phi) is 6.33. The minimum Gasteiger partial charge on any atom is -0.353 e. The third-order valence-electron chi connectivity index (χ3n) is 5.86. The molecule has 152 valence electrons. The molecule has 0 bridgehead atoms. The third-order valence-corrected chi connectivity index (χ3v) is 5.86. The van der Waals surface area contributed by atoms with Crippen molar-refractivity contribution in [2.45, 2.75) is 31.1 Å². The van der Waals surface area contributed by atoms with Gasteiger partial charge in [0.2, 0.25) is 5.91 Å². The number of amides is 1. The zero-order valence-electron chi connectivity index (χ0n) is 17.1. The van der Waals surface area contributed by atoms with E-state index in [4.69, 9.17) is 0 Å². The predicted molar refractivity (Wildman–Crippen MR) is 119 cm³/mol. The summed E-state index contributed by atoms with van der Waals surface area (Å²) in [5.41, 5.74) is 3.61. The highest BCUT2D eigenvalue weighted by atomic mass is 16.1. The Balaban J connectivity index is 1.30. The van der Waals surface area contributed by atoms with Gasteiger partial charge in [0.05, 0.1) is 5.69 Å². The van der Waals surface area contributed by atoms with E-state index in [-0.39, 0.29) is 11.3 Å². The largest absolute Gasteiger partial charge is 0.353 e. The van der Waals surface area contributed by atoms with E-state index in [0.29, 0.717) is 12.5 Å². The molecular formula is C26H27N3O. The zero-order valence-corrected chi connectivity index (χ0v) is 17.1. The fourth-order valence-corrected chi connectivity index (χ4v) is 4.19. The van der Waals surface area contributed by atoms with Crippen LogP contribution in [0.25, 0.3) is 0 Å². The van der Waals surface area contributed by atoms with Crippen molar-refractivity contribution in [3.63, 3.8) is 0 Å². The van der Waals surface area contributed by atoms with Crippen molar-refractivity contribution in [3.05, 3.63) is 108 Å². The molecule has 1 aromatic heterocycles. The second-order valence-corrected chi connectivity index (χ2v) is 7.84. The van der Waals surface area contributed by atoms with Crippen molar-refractivity contribution in [3.8, 4) is 0 Å². The lowest BCUT2D eigenvalue weighted by Gasteiger charge is -2.18. The Bertz CT molecular complexity index is 931. The molecule has 1 heterocycles. The molecule has 0 aliphatic heterocycles. The maximum atomic E-state index is 12.3. The molecule has 3 aromatic rings. The quantitative estimate of drug-likeness (QED) is 0.428. The van der Waals surface area contributed by atoms with Crippen LogP contribution in [0.4, 0.5) is 0 Å². The predicted octanol–water partition coefficient (Wildman–Crippen LogP) is 4.48. The van der Waals surface area contributed by atoms with Gasteiger partial charge in [-0.1, -0.05) is 66.7 Å². The molecule has 1 fully saturated rings. The van der Waals surface area contributed by atoms with Crippen LogP contribution in [0.3, 0.4) is 0 Å². The van der Waals surface area contributed by atoms with Gasteiger partial charge in [-0.2, -0.15) is 10.2 Å². The van der Waals surface area contributed by atoms with Gasteiger partial charge in [0, 0.05) is 18.2 Å². The fraction of sp³-hybridized carbons (Fsp3) is 0.269. The van der Waals surface area contributed by atoms with Gasteiger partial charge in [0.15, 0.2) is 0 Å². The Hall–Kier alpha value is -3.27. The molecule has 1 N–H and O–H groups in total. The zero-order chi connectivity index (χ0) is 20.7. The first-order valence-electron chi connectivity index (χ1n) is 10.6. The van der Waals surface area contributed by atoms with E-state index in [1.807, 2.05) is 24.3 Å². The number of nitrogens with one attached hydrogen (secondary N) is 1. The van der Waals surface area contributed by atoms with Crippen molar-refractivity contribution in [2.24, 2.45) is 5.92 Å². The summed E-state index contributed by atoms with van der Waals surface area (Å²) in [6.07, 6.45) is 9.30. The van der Waals surface area contributed by atoms with Gasteiger partial charge in [0.1, 0.15) is 0 Å². The minimum absolute atomic E-state index is 0.0172. The maximum absolute atomic E-state index is 12.3. The number of benzene rings is 2. The Morgan fingerprint density at radius 2 is 1.67 bits per heavy atom. The van der Waals surface area contributed by atoms with Crippen LogP contribution < -0.4 is 5.32 Å². The Morgan fingerprint density at radius 3 is 2.30 bits per heavy atom. The molecule has 0 radical (unpaired) electrons. The van der Waals surface area contributed by atoms with Gasteiger partial charge >= 0.3 is 0 Å². The van der Waals surface area contributed by atoms with E-state index in [1.54, 1.807) is 12.3 Å². The fourth-order valence-electron chi connectivity index (χ4n) is 4.19. The van der Waals surface area contributed by atoms with E-state index < -0.39 is 0 Å². The highest BCUT2D eigenvalue weighted by molar-refractivity contribution is 5.87. The summed E-state index contributed by atoms with van der Waals surface area (Å²) in [7, 11) is 0. The van der Waals surface area contributed by atoms with Crippen LogP contribution in [0.1, 0.15) is 36.1 Å². The number of unbranched alkanes of at least 4 members (excludes halogenated alkanes) is 1. The van der Waals surface area contributed by atoms with Crippen LogP contribution in [-0.2, 0) is 16.6 Å². The van der Waals surface area contributed by atoms with Crippen molar-refractivity contribution in [2.75, 3.05) is 6.54 Å². The number of aromatic nitrogens is 2. The monoisotopic (exact) mass is 397 g/mol. The minimum atomic E-state index is -0.0178. The molecule has 30 heavy (non-hydrogen) atoms. The molecule has 0 unspecified atom stereocenters. The van der Waals surface area contributed by atoms with E-state index in [9.17, 15) is 4.79 Å². The Labute approximate surface area is 178 Å². The van der Waals surface area contributed by atoms with Crippen LogP contribution in [0.15, 0.2) is 91.1 Å².